The molecule has 2 aromatic rings. The molecule has 0 unspecified atom stereocenters. The van der Waals surface area contributed by atoms with E-state index in [4.69, 9.17) is 22.7 Å². The molecule has 0 aliphatic carbocycles. The fourth-order valence-corrected chi connectivity index (χ4v) is 2.78. The number of methoxy groups -OCH3 is 1. The lowest BCUT2D eigenvalue weighted by atomic mass is 10.1. The highest BCUT2D eigenvalue weighted by molar-refractivity contribution is 9.10. The summed E-state index contributed by atoms with van der Waals surface area (Å²) in [6, 6.07) is 13.9. The lowest BCUT2D eigenvalue weighted by Crippen LogP contribution is -2.21. The first-order valence-corrected chi connectivity index (χ1v) is 7.65. The van der Waals surface area contributed by atoms with Crippen LogP contribution < -0.4 is 15.4 Å². The Balaban J connectivity index is 2.33. The summed E-state index contributed by atoms with van der Waals surface area (Å²) in [6.07, 6.45) is 0. The van der Waals surface area contributed by atoms with Crippen LogP contribution in [-0.2, 0) is 6.54 Å². The zero-order valence-corrected chi connectivity index (χ0v) is 14.4. The zero-order chi connectivity index (χ0) is 15.4. The Morgan fingerprint density at radius 1 is 1.29 bits per heavy atom. The fraction of sp³-hybridized carbons (Fsp3) is 0.188. The monoisotopic (exact) mass is 364 g/mol. The van der Waals surface area contributed by atoms with Crippen LogP contribution in [0.1, 0.15) is 11.1 Å². The van der Waals surface area contributed by atoms with E-state index in [0.29, 0.717) is 4.99 Å². The quantitative estimate of drug-likeness (QED) is 0.820. The third kappa shape index (κ3) is 3.95. The summed E-state index contributed by atoms with van der Waals surface area (Å²) in [7, 11) is 3.66. The summed E-state index contributed by atoms with van der Waals surface area (Å²) in [5.41, 5.74) is 8.83. The molecular weight excluding hydrogens is 348 g/mol. The molecule has 110 valence electrons. The standard InChI is InChI=1S/C16H17BrN2OS/c1-19(10-11-4-3-5-12(17)8-11)15-9-13(20-2)6-7-14(15)16(18)21/h3-9H,10H2,1-2H3,(H2,18,21). The minimum absolute atomic E-state index is 0.383. The van der Waals surface area contributed by atoms with E-state index in [1.54, 1.807) is 7.11 Å². The number of hydrogen-bond acceptors (Lipinski definition) is 3. The molecule has 2 N–H and O–H groups in total. The Bertz CT molecular complexity index is 660. The third-order valence-corrected chi connectivity index (χ3v) is 3.90. The van der Waals surface area contributed by atoms with Crippen LogP contribution in [-0.4, -0.2) is 19.1 Å². The van der Waals surface area contributed by atoms with E-state index < -0.39 is 0 Å². The highest BCUT2D eigenvalue weighted by Crippen LogP contribution is 2.27. The Morgan fingerprint density at radius 2 is 2.05 bits per heavy atom. The second-order valence-corrected chi connectivity index (χ2v) is 6.09. The molecule has 0 fully saturated rings. The molecule has 0 saturated carbocycles. The molecule has 21 heavy (non-hydrogen) atoms. The fourth-order valence-electron chi connectivity index (χ4n) is 2.16. The molecule has 0 saturated heterocycles. The summed E-state index contributed by atoms with van der Waals surface area (Å²) >= 11 is 8.63. The summed E-state index contributed by atoms with van der Waals surface area (Å²) < 4.78 is 6.35. The van der Waals surface area contributed by atoms with Gasteiger partial charge in [-0.25, -0.2) is 0 Å². The summed E-state index contributed by atoms with van der Waals surface area (Å²) in [4.78, 5) is 2.49. The maximum atomic E-state index is 5.82. The molecule has 0 aromatic heterocycles. The minimum Gasteiger partial charge on any atom is -0.497 e. The van der Waals surface area contributed by atoms with Crippen molar-refractivity contribution in [1.82, 2.24) is 0 Å². The van der Waals surface area contributed by atoms with E-state index in [1.165, 1.54) is 5.56 Å². The molecule has 5 heteroatoms. The van der Waals surface area contributed by atoms with E-state index >= 15 is 0 Å². The average Bonchev–Trinajstić information content (AvgIpc) is 2.46. The van der Waals surface area contributed by atoms with Crippen LogP contribution in [0.3, 0.4) is 0 Å². The van der Waals surface area contributed by atoms with Gasteiger partial charge in [-0.3, -0.25) is 0 Å². The van der Waals surface area contributed by atoms with Crippen LogP contribution in [0.25, 0.3) is 0 Å². The second kappa shape index (κ2) is 6.91. The SMILES string of the molecule is COc1ccc(C(N)=S)c(N(C)Cc2cccc(Br)c2)c1. The van der Waals surface area contributed by atoms with Crippen molar-refractivity contribution >= 4 is 38.8 Å². The number of rotatable bonds is 5. The first-order chi connectivity index (χ1) is 10.0. The first kappa shape index (κ1) is 15.8. The largest absolute Gasteiger partial charge is 0.497 e. The number of anilines is 1. The van der Waals surface area contributed by atoms with Crippen LogP contribution in [0.2, 0.25) is 0 Å². The van der Waals surface area contributed by atoms with Gasteiger partial charge in [0.25, 0.3) is 0 Å². The van der Waals surface area contributed by atoms with Crippen molar-refractivity contribution in [2.24, 2.45) is 5.73 Å². The van der Waals surface area contributed by atoms with Gasteiger partial charge >= 0.3 is 0 Å². The van der Waals surface area contributed by atoms with Crippen LogP contribution in [0, 0.1) is 0 Å². The summed E-state index contributed by atoms with van der Waals surface area (Å²) in [5.74, 6) is 0.783. The van der Waals surface area contributed by atoms with Gasteiger partial charge in [0.2, 0.25) is 0 Å². The number of thiocarbonyl (C=S) groups is 1. The Kier molecular flexibility index (Phi) is 5.20. The highest BCUT2D eigenvalue weighted by atomic mass is 79.9. The molecule has 0 heterocycles. The van der Waals surface area contributed by atoms with Crippen LogP contribution in [0.5, 0.6) is 5.75 Å². The molecule has 0 aliphatic rings. The number of nitrogens with two attached hydrogens (primary N) is 1. The van der Waals surface area contributed by atoms with Gasteiger partial charge in [-0.05, 0) is 29.8 Å². The lowest BCUT2D eigenvalue weighted by Gasteiger charge is -2.23. The van der Waals surface area contributed by atoms with Crippen molar-refractivity contribution in [2.45, 2.75) is 6.54 Å². The molecule has 3 nitrogen and oxygen atoms in total. The van der Waals surface area contributed by atoms with Gasteiger partial charge in [0.05, 0.1) is 12.8 Å². The van der Waals surface area contributed by atoms with Crippen molar-refractivity contribution in [3.05, 3.63) is 58.1 Å². The first-order valence-electron chi connectivity index (χ1n) is 6.44. The molecule has 0 amide bonds. The van der Waals surface area contributed by atoms with Gasteiger partial charge in [-0.1, -0.05) is 40.3 Å². The van der Waals surface area contributed by atoms with E-state index in [1.807, 2.05) is 37.4 Å². The van der Waals surface area contributed by atoms with Gasteiger partial charge in [0.15, 0.2) is 0 Å². The molecule has 0 aliphatic heterocycles. The van der Waals surface area contributed by atoms with Crippen molar-refractivity contribution in [3.63, 3.8) is 0 Å². The lowest BCUT2D eigenvalue weighted by molar-refractivity contribution is 0.415. The number of hydrogen-bond donors (Lipinski definition) is 1. The number of halogens is 1. The van der Waals surface area contributed by atoms with Crippen LogP contribution in [0.4, 0.5) is 5.69 Å². The van der Waals surface area contributed by atoms with Gasteiger partial charge in [0.1, 0.15) is 10.7 Å². The minimum atomic E-state index is 0.383. The Hall–Kier alpha value is -1.59. The number of nitrogens with zero attached hydrogens (tertiary/aromatic N) is 1. The Morgan fingerprint density at radius 3 is 2.67 bits per heavy atom. The molecular formula is C16H17BrN2OS. The van der Waals surface area contributed by atoms with Crippen LogP contribution >= 0.6 is 28.1 Å². The molecule has 2 rings (SSSR count). The smallest absolute Gasteiger partial charge is 0.120 e. The van der Waals surface area contributed by atoms with E-state index in [2.05, 4.69) is 33.0 Å². The molecule has 0 bridgehead atoms. The highest BCUT2D eigenvalue weighted by Gasteiger charge is 2.12. The molecule has 0 radical (unpaired) electrons. The van der Waals surface area contributed by atoms with Gasteiger partial charge in [-0.2, -0.15) is 0 Å². The number of benzene rings is 2. The predicted octanol–water partition coefficient (Wildman–Crippen LogP) is 3.73. The zero-order valence-electron chi connectivity index (χ0n) is 12.0. The maximum absolute atomic E-state index is 5.82. The number of ether oxygens (including phenoxy) is 1. The topological polar surface area (TPSA) is 38.5 Å². The summed E-state index contributed by atoms with van der Waals surface area (Å²) in [5, 5.41) is 0. The van der Waals surface area contributed by atoms with E-state index in [-0.39, 0.29) is 0 Å². The van der Waals surface area contributed by atoms with Gasteiger partial charge in [-0.15, -0.1) is 0 Å². The molecule has 0 spiro atoms. The van der Waals surface area contributed by atoms with Gasteiger partial charge < -0.3 is 15.4 Å². The van der Waals surface area contributed by atoms with Crippen molar-refractivity contribution < 1.29 is 4.74 Å². The average molecular weight is 365 g/mol. The van der Waals surface area contributed by atoms with E-state index in [0.717, 1.165) is 28.0 Å². The normalized spacial score (nSPS) is 10.2. The maximum Gasteiger partial charge on any atom is 0.120 e. The van der Waals surface area contributed by atoms with Gasteiger partial charge in [0, 0.05) is 29.7 Å². The molecule has 0 atom stereocenters. The van der Waals surface area contributed by atoms with Crippen molar-refractivity contribution in [1.29, 1.82) is 0 Å². The predicted molar refractivity (Wildman–Crippen MR) is 95.1 cm³/mol. The Labute approximate surface area is 138 Å². The van der Waals surface area contributed by atoms with Crippen molar-refractivity contribution in [3.8, 4) is 5.75 Å². The van der Waals surface area contributed by atoms with Crippen LogP contribution in [0.15, 0.2) is 46.9 Å². The summed E-state index contributed by atoms with van der Waals surface area (Å²) in [6.45, 7) is 0.752. The van der Waals surface area contributed by atoms with E-state index in [9.17, 15) is 0 Å². The second-order valence-electron chi connectivity index (χ2n) is 4.73. The van der Waals surface area contributed by atoms with Crippen molar-refractivity contribution in [2.75, 3.05) is 19.1 Å². The molecule has 2 aromatic carbocycles. The third-order valence-electron chi connectivity index (χ3n) is 3.19.